The molecule has 2 aromatic carbocycles. The van der Waals surface area contributed by atoms with Crippen LogP contribution in [0.15, 0.2) is 65.8 Å². The highest BCUT2D eigenvalue weighted by Crippen LogP contribution is 2.34. The molecule has 9 nitrogen and oxygen atoms in total. The van der Waals surface area contributed by atoms with Crippen LogP contribution < -0.4 is 14.8 Å². The highest BCUT2D eigenvalue weighted by atomic mass is 79.9. The molecule has 0 radical (unpaired) electrons. The number of likely N-dealkylation sites (N-methyl/N-ethyl adjacent to an activating group) is 1. The van der Waals surface area contributed by atoms with Gasteiger partial charge in [0.1, 0.15) is 42.3 Å². The Morgan fingerprint density at radius 3 is 2.71 bits per heavy atom. The molecule has 0 atom stereocenters. The Bertz CT molecular complexity index is 1500. The molecule has 0 aliphatic heterocycles. The largest absolute Gasteiger partial charge is 0.491 e. The van der Waals surface area contributed by atoms with Crippen LogP contribution >= 0.6 is 15.9 Å². The van der Waals surface area contributed by atoms with Gasteiger partial charge in [-0.3, -0.25) is 0 Å². The molecule has 0 saturated carbocycles. The molecule has 3 aromatic heterocycles. The lowest BCUT2D eigenvalue weighted by Crippen LogP contribution is -2.19. The van der Waals surface area contributed by atoms with Gasteiger partial charge in [-0.05, 0) is 72.8 Å². The molecule has 0 saturated heterocycles. The first kappa shape index (κ1) is 23.0. The lowest BCUT2D eigenvalue weighted by molar-refractivity contribution is 0.260. The predicted octanol–water partition coefficient (Wildman–Crippen LogP) is 5.22. The Balaban J connectivity index is 1.35. The number of halogens is 1. The molecule has 0 aliphatic carbocycles. The van der Waals surface area contributed by atoms with Gasteiger partial charge in [0.2, 0.25) is 0 Å². The quantitative estimate of drug-likeness (QED) is 0.290. The van der Waals surface area contributed by atoms with Crippen molar-refractivity contribution >= 4 is 44.0 Å². The number of nitrogens with zero attached hydrogens (tertiary/aromatic N) is 6. The molecule has 0 aliphatic rings. The fraction of sp³-hybridized carbons (Fsp3) is 0.200. The summed E-state index contributed by atoms with van der Waals surface area (Å²) < 4.78 is 14.5. The van der Waals surface area contributed by atoms with Crippen molar-refractivity contribution in [1.29, 1.82) is 0 Å². The third-order valence-corrected chi connectivity index (χ3v) is 6.02. The van der Waals surface area contributed by atoms with Gasteiger partial charge in [-0.15, -0.1) is 0 Å². The summed E-state index contributed by atoms with van der Waals surface area (Å²) in [5.74, 6) is 2.92. The fourth-order valence-electron chi connectivity index (χ4n) is 3.57. The summed E-state index contributed by atoms with van der Waals surface area (Å²) in [6.07, 6.45) is 4.88. The third kappa shape index (κ3) is 5.18. The number of aryl methyl sites for hydroxylation is 1. The van der Waals surface area contributed by atoms with E-state index in [1.165, 1.54) is 6.33 Å². The van der Waals surface area contributed by atoms with E-state index in [0.29, 0.717) is 18.2 Å². The van der Waals surface area contributed by atoms with E-state index in [1.807, 2.05) is 69.7 Å². The number of aromatic nitrogens is 5. The molecule has 10 heteroatoms. The molecule has 0 unspecified atom stereocenters. The van der Waals surface area contributed by atoms with E-state index in [9.17, 15) is 0 Å². The highest BCUT2D eigenvalue weighted by Gasteiger charge is 2.11. The minimum Gasteiger partial charge on any atom is -0.491 e. The summed E-state index contributed by atoms with van der Waals surface area (Å²) in [4.78, 5) is 15.2. The number of benzene rings is 2. The maximum Gasteiger partial charge on any atom is 0.158 e. The monoisotopic (exact) mass is 533 g/mol. The first-order valence-corrected chi connectivity index (χ1v) is 11.8. The number of hydrogen-bond donors (Lipinski definition) is 1. The van der Waals surface area contributed by atoms with Crippen molar-refractivity contribution in [1.82, 2.24) is 29.5 Å². The second kappa shape index (κ2) is 9.85. The molecule has 0 fully saturated rings. The summed E-state index contributed by atoms with van der Waals surface area (Å²) in [7, 11) is 4.03. The van der Waals surface area contributed by atoms with Gasteiger partial charge in [-0.25, -0.2) is 19.5 Å². The number of rotatable bonds is 8. The van der Waals surface area contributed by atoms with Crippen molar-refractivity contribution in [2.24, 2.45) is 0 Å². The fourth-order valence-corrected chi connectivity index (χ4v) is 4.03. The molecule has 1 N–H and O–H groups in total. The van der Waals surface area contributed by atoms with Crippen LogP contribution in [-0.4, -0.2) is 56.7 Å². The van der Waals surface area contributed by atoms with Crippen LogP contribution in [0, 0.1) is 6.92 Å². The summed E-state index contributed by atoms with van der Waals surface area (Å²) in [5.41, 5.74) is 3.40. The zero-order chi connectivity index (χ0) is 24.4. The first-order chi connectivity index (χ1) is 17.0. The lowest BCUT2D eigenvalue weighted by Gasteiger charge is -2.14. The SMILES string of the molecule is Cc1cc(Nc2ncnc3cc(OCCN(C)C)c(Br)cc23)ccc1Oc1ccn2ncnc2c1. The number of pyridine rings is 1. The number of anilines is 2. The van der Waals surface area contributed by atoms with E-state index in [2.05, 4.69) is 46.2 Å². The van der Waals surface area contributed by atoms with Gasteiger partial charge < -0.3 is 19.7 Å². The summed E-state index contributed by atoms with van der Waals surface area (Å²) in [6, 6.07) is 13.5. The molecule has 0 spiro atoms. The van der Waals surface area contributed by atoms with Crippen LogP contribution in [0.2, 0.25) is 0 Å². The molecule has 0 bridgehead atoms. The van der Waals surface area contributed by atoms with Crippen molar-refractivity contribution in [2.75, 3.05) is 32.6 Å². The Hall–Kier alpha value is -3.76. The van der Waals surface area contributed by atoms with E-state index in [0.717, 1.165) is 50.3 Å². The molecular weight excluding hydrogens is 510 g/mol. The molecule has 35 heavy (non-hydrogen) atoms. The van der Waals surface area contributed by atoms with Crippen molar-refractivity contribution in [3.05, 3.63) is 71.4 Å². The minimum absolute atomic E-state index is 0.591. The molecule has 3 heterocycles. The van der Waals surface area contributed by atoms with E-state index in [-0.39, 0.29) is 0 Å². The number of hydrogen-bond acceptors (Lipinski definition) is 8. The van der Waals surface area contributed by atoms with Gasteiger partial charge in [0.15, 0.2) is 5.65 Å². The number of nitrogens with one attached hydrogen (secondary N) is 1. The van der Waals surface area contributed by atoms with E-state index >= 15 is 0 Å². The van der Waals surface area contributed by atoms with Crippen molar-refractivity contribution in [3.63, 3.8) is 0 Å². The van der Waals surface area contributed by atoms with Crippen LogP contribution in [0.1, 0.15) is 5.56 Å². The van der Waals surface area contributed by atoms with E-state index in [1.54, 1.807) is 10.8 Å². The third-order valence-electron chi connectivity index (χ3n) is 5.40. The molecule has 0 amide bonds. The van der Waals surface area contributed by atoms with E-state index < -0.39 is 0 Å². The van der Waals surface area contributed by atoms with Gasteiger partial charge in [-0.2, -0.15) is 5.10 Å². The van der Waals surface area contributed by atoms with Crippen LogP contribution in [0.3, 0.4) is 0 Å². The van der Waals surface area contributed by atoms with Crippen LogP contribution in [0.4, 0.5) is 11.5 Å². The minimum atomic E-state index is 0.591. The molecular formula is C25H24BrN7O2. The zero-order valence-electron chi connectivity index (χ0n) is 19.6. The highest BCUT2D eigenvalue weighted by molar-refractivity contribution is 9.10. The maximum absolute atomic E-state index is 6.08. The Labute approximate surface area is 210 Å². The molecule has 178 valence electrons. The normalized spacial score (nSPS) is 11.3. The van der Waals surface area contributed by atoms with Crippen molar-refractivity contribution < 1.29 is 9.47 Å². The number of ether oxygens (including phenoxy) is 2. The second-order valence-electron chi connectivity index (χ2n) is 8.31. The van der Waals surface area contributed by atoms with Gasteiger partial charge >= 0.3 is 0 Å². The standard InChI is InChI=1S/C25H24BrN7O2/c1-16-10-17(4-5-22(16)35-18-6-7-33-24(11-18)28-15-30-33)31-25-19-12-20(26)23(34-9-8-32(2)3)13-21(19)27-14-29-25/h4-7,10-15H,8-9H2,1-3H3,(H,27,29,31). The van der Waals surface area contributed by atoms with Crippen molar-refractivity contribution in [2.45, 2.75) is 6.92 Å². The number of fused-ring (bicyclic) bond motifs is 2. The molecule has 5 aromatic rings. The van der Waals surface area contributed by atoms with Gasteiger partial charge in [0, 0.05) is 35.9 Å². The Morgan fingerprint density at radius 2 is 1.89 bits per heavy atom. The van der Waals surface area contributed by atoms with E-state index in [4.69, 9.17) is 9.47 Å². The van der Waals surface area contributed by atoms with Crippen LogP contribution in [-0.2, 0) is 0 Å². The summed E-state index contributed by atoms with van der Waals surface area (Å²) >= 11 is 3.62. The summed E-state index contributed by atoms with van der Waals surface area (Å²) in [5, 5.41) is 8.40. The van der Waals surface area contributed by atoms with Crippen molar-refractivity contribution in [3.8, 4) is 17.2 Å². The van der Waals surface area contributed by atoms with Crippen LogP contribution in [0.5, 0.6) is 17.2 Å². The zero-order valence-corrected chi connectivity index (χ0v) is 21.2. The van der Waals surface area contributed by atoms with Gasteiger partial charge in [0.25, 0.3) is 0 Å². The second-order valence-corrected chi connectivity index (χ2v) is 9.16. The maximum atomic E-state index is 6.08. The first-order valence-electron chi connectivity index (χ1n) is 11.0. The Morgan fingerprint density at radius 1 is 1.00 bits per heavy atom. The topological polar surface area (TPSA) is 89.7 Å². The lowest BCUT2D eigenvalue weighted by atomic mass is 10.2. The average Bonchev–Trinajstić information content (AvgIpc) is 3.29. The smallest absolute Gasteiger partial charge is 0.158 e. The average molecular weight is 534 g/mol. The van der Waals surface area contributed by atoms with Gasteiger partial charge in [-0.1, -0.05) is 0 Å². The van der Waals surface area contributed by atoms with Crippen LogP contribution in [0.25, 0.3) is 16.6 Å². The predicted molar refractivity (Wildman–Crippen MR) is 139 cm³/mol. The van der Waals surface area contributed by atoms with Gasteiger partial charge in [0.05, 0.1) is 9.99 Å². The summed E-state index contributed by atoms with van der Waals surface area (Å²) in [6.45, 7) is 3.42. The molecule has 5 rings (SSSR count). The Kier molecular flexibility index (Phi) is 6.47.